The van der Waals surface area contributed by atoms with E-state index < -0.39 is 0 Å². The van der Waals surface area contributed by atoms with Crippen molar-refractivity contribution in [2.75, 3.05) is 0 Å². The van der Waals surface area contributed by atoms with Crippen LogP contribution >= 0.6 is 0 Å². The van der Waals surface area contributed by atoms with Gasteiger partial charge in [-0.05, 0) is 80.2 Å². The third-order valence-electron chi connectivity index (χ3n) is 7.22. The summed E-state index contributed by atoms with van der Waals surface area (Å²) in [5.74, 6) is 0. The van der Waals surface area contributed by atoms with E-state index in [4.69, 9.17) is 4.99 Å². The highest BCUT2D eigenvalue weighted by atomic mass is 14.7. The number of benzene rings is 6. The van der Waals surface area contributed by atoms with Gasteiger partial charge in [-0.1, -0.05) is 110 Å². The number of aliphatic imine (C=N–C) groups is 1. The van der Waals surface area contributed by atoms with Gasteiger partial charge in [0.1, 0.15) is 0 Å². The third-order valence-corrected chi connectivity index (χ3v) is 7.22. The first kappa shape index (κ1) is 24.8. The maximum Gasteiger partial charge on any atom is 0.0992 e. The van der Waals surface area contributed by atoms with Crippen LogP contribution in [-0.4, -0.2) is 5.71 Å². The second-order valence-corrected chi connectivity index (χ2v) is 9.66. The molecule has 0 heterocycles. The molecule has 0 radical (unpaired) electrons. The van der Waals surface area contributed by atoms with Gasteiger partial charge in [0.25, 0.3) is 0 Å². The molecular weight excluding hydrogens is 484 g/mol. The Morgan fingerprint density at radius 3 is 2.12 bits per heavy atom. The van der Waals surface area contributed by atoms with Crippen molar-refractivity contribution in [1.29, 1.82) is 5.26 Å². The van der Waals surface area contributed by atoms with Crippen molar-refractivity contribution in [3.63, 3.8) is 0 Å². The lowest BCUT2D eigenvalue weighted by Crippen LogP contribution is -1.99. The van der Waals surface area contributed by atoms with Gasteiger partial charge in [0.15, 0.2) is 0 Å². The van der Waals surface area contributed by atoms with Crippen LogP contribution in [0.25, 0.3) is 38.2 Å². The van der Waals surface area contributed by atoms with E-state index in [9.17, 15) is 5.26 Å². The molecule has 0 fully saturated rings. The molecule has 0 spiro atoms. The minimum Gasteiger partial charge on any atom is -0.248 e. The van der Waals surface area contributed by atoms with Crippen molar-refractivity contribution in [1.82, 2.24) is 0 Å². The maximum atomic E-state index is 9.98. The molecule has 0 aliphatic carbocycles. The normalized spacial score (nSPS) is 11.3. The van der Waals surface area contributed by atoms with Crippen molar-refractivity contribution in [2.24, 2.45) is 4.99 Å². The highest BCUT2D eigenvalue weighted by Gasteiger charge is 2.13. The molecule has 0 atom stereocenters. The van der Waals surface area contributed by atoms with Gasteiger partial charge >= 0.3 is 0 Å². The van der Waals surface area contributed by atoms with Gasteiger partial charge in [0.05, 0.1) is 23.0 Å². The Balaban J connectivity index is 1.52. The van der Waals surface area contributed by atoms with Gasteiger partial charge in [-0.25, -0.2) is 4.99 Å². The van der Waals surface area contributed by atoms with Crippen LogP contribution in [-0.2, 0) is 0 Å². The monoisotopic (exact) mass is 510 g/mol. The summed E-state index contributed by atoms with van der Waals surface area (Å²) in [4.78, 5) is 5.04. The molecule has 188 valence electrons. The van der Waals surface area contributed by atoms with Gasteiger partial charge in [0.2, 0.25) is 0 Å². The highest BCUT2D eigenvalue weighted by molar-refractivity contribution is 6.15. The predicted octanol–water partition coefficient (Wildman–Crippen LogP) is 9.90. The summed E-state index contributed by atoms with van der Waals surface area (Å²) in [5.41, 5.74) is 7.83. The molecular formula is C38H26N2. The quantitative estimate of drug-likeness (QED) is 0.162. The Hall–Kier alpha value is -5.52. The zero-order valence-electron chi connectivity index (χ0n) is 22.0. The van der Waals surface area contributed by atoms with E-state index in [2.05, 4.69) is 79.9 Å². The summed E-state index contributed by atoms with van der Waals surface area (Å²) in [6, 6.07) is 45.4. The van der Waals surface area contributed by atoms with Crippen molar-refractivity contribution < 1.29 is 0 Å². The van der Waals surface area contributed by atoms with E-state index in [1.165, 1.54) is 10.8 Å². The largest absolute Gasteiger partial charge is 0.248 e. The molecule has 0 amide bonds. The summed E-state index contributed by atoms with van der Waals surface area (Å²) < 4.78 is 0. The molecule has 0 aliphatic rings. The average Bonchev–Trinajstić information content (AvgIpc) is 3.03. The molecule has 0 saturated heterocycles. The Bertz CT molecular complexity index is 1990. The standard InChI is InChI=1S/C38H26N2/c1-3-37(40-38-20-12-11-16-32(38)26(2)28-13-5-4-6-14-28)31-22-27(25-39)21-30(23-31)36-24-29-15-7-8-17-33(29)34-18-9-10-19-35(34)36/h3-24H,1-2H2/b40-37+. The minimum atomic E-state index is 0.571. The fourth-order valence-electron chi connectivity index (χ4n) is 5.27. The second-order valence-electron chi connectivity index (χ2n) is 9.66. The van der Waals surface area contributed by atoms with Gasteiger partial charge < -0.3 is 0 Å². The molecule has 6 aromatic carbocycles. The van der Waals surface area contributed by atoms with E-state index in [1.807, 2.05) is 66.7 Å². The Labute approximate surface area is 234 Å². The fraction of sp³-hybridized carbons (Fsp3) is 0. The number of rotatable bonds is 6. The molecule has 2 nitrogen and oxygen atoms in total. The van der Waals surface area contributed by atoms with Crippen LogP contribution in [0, 0.1) is 11.3 Å². The molecule has 0 bridgehead atoms. The van der Waals surface area contributed by atoms with Gasteiger partial charge in [-0.2, -0.15) is 5.26 Å². The minimum absolute atomic E-state index is 0.571. The first-order valence-corrected chi connectivity index (χ1v) is 13.2. The van der Waals surface area contributed by atoms with Crippen molar-refractivity contribution >= 4 is 38.5 Å². The van der Waals surface area contributed by atoms with Crippen LogP contribution in [0.2, 0.25) is 0 Å². The summed E-state index contributed by atoms with van der Waals surface area (Å²) in [7, 11) is 0. The molecule has 0 saturated carbocycles. The number of nitriles is 1. The molecule has 6 aromatic rings. The Morgan fingerprint density at radius 1 is 0.675 bits per heavy atom. The van der Waals surface area contributed by atoms with E-state index in [-0.39, 0.29) is 0 Å². The topological polar surface area (TPSA) is 36.1 Å². The molecule has 0 N–H and O–H groups in total. The maximum absolute atomic E-state index is 9.98. The lowest BCUT2D eigenvalue weighted by atomic mass is 9.91. The van der Waals surface area contributed by atoms with Crippen LogP contribution in [0.3, 0.4) is 0 Å². The third kappa shape index (κ3) is 4.62. The molecule has 0 aliphatic heterocycles. The number of fused-ring (bicyclic) bond motifs is 3. The lowest BCUT2D eigenvalue weighted by Gasteiger charge is -2.14. The smallest absolute Gasteiger partial charge is 0.0992 e. The van der Waals surface area contributed by atoms with Gasteiger partial charge in [-0.3, -0.25) is 0 Å². The fourth-order valence-corrected chi connectivity index (χ4v) is 5.27. The highest BCUT2D eigenvalue weighted by Crippen LogP contribution is 2.36. The van der Waals surface area contributed by atoms with Gasteiger partial charge in [0, 0.05) is 11.1 Å². The molecule has 0 aromatic heterocycles. The summed E-state index contributed by atoms with van der Waals surface area (Å²) in [6.45, 7) is 8.44. The Morgan fingerprint density at radius 2 is 1.35 bits per heavy atom. The zero-order chi connectivity index (χ0) is 27.5. The molecule has 6 rings (SSSR count). The second kappa shape index (κ2) is 10.7. The summed E-state index contributed by atoms with van der Waals surface area (Å²) in [5, 5.41) is 14.7. The first-order chi connectivity index (χ1) is 19.7. The molecule has 0 unspecified atom stereocenters. The average molecular weight is 511 g/mol. The van der Waals surface area contributed by atoms with Crippen LogP contribution < -0.4 is 0 Å². The number of allylic oxidation sites excluding steroid dienone is 1. The van der Waals surface area contributed by atoms with Gasteiger partial charge in [-0.15, -0.1) is 0 Å². The zero-order valence-corrected chi connectivity index (χ0v) is 22.0. The first-order valence-electron chi connectivity index (χ1n) is 13.2. The Kier molecular flexibility index (Phi) is 6.63. The van der Waals surface area contributed by atoms with E-state index >= 15 is 0 Å². The van der Waals surface area contributed by atoms with Crippen LogP contribution in [0.5, 0.6) is 0 Å². The van der Waals surface area contributed by atoms with Crippen molar-refractivity contribution in [2.45, 2.75) is 0 Å². The van der Waals surface area contributed by atoms with Crippen LogP contribution in [0.15, 0.2) is 152 Å². The molecule has 2 heteroatoms. The number of para-hydroxylation sites is 1. The predicted molar refractivity (Wildman–Crippen MR) is 169 cm³/mol. The summed E-state index contributed by atoms with van der Waals surface area (Å²) in [6.07, 6.45) is 1.75. The molecule has 40 heavy (non-hydrogen) atoms. The number of nitrogens with zero attached hydrogens (tertiary/aromatic N) is 2. The van der Waals surface area contributed by atoms with E-state index in [0.717, 1.165) is 49.9 Å². The van der Waals surface area contributed by atoms with Crippen LogP contribution in [0.4, 0.5) is 5.69 Å². The van der Waals surface area contributed by atoms with Crippen molar-refractivity contribution in [3.05, 3.63) is 169 Å². The lowest BCUT2D eigenvalue weighted by molar-refractivity contribution is 1.44. The van der Waals surface area contributed by atoms with Crippen LogP contribution in [0.1, 0.15) is 22.3 Å². The number of hydrogen-bond acceptors (Lipinski definition) is 2. The summed E-state index contributed by atoms with van der Waals surface area (Å²) >= 11 is 0. The van der Waals surface area contributed by atoms with E-state index in [1.54, 1.807) is 6.08 Å². The number of hydrogen-bond donors (Lipinski definition) is 0. The van der Waals surface area contributed by atoms with E-state index in [0.29, 0.717) is 11.3 Å². The van der Waals surface area contributed by atoms with Crippen molar-refractivity contribution in [3.8, 4) is 17.2 Å². The SMILES string of the molecule is C=C/C(=N\c1ccccc1C(=C)c1ccccc1)c1cc(C#N)cc(-c2cc3ccccc3c3ccccc23)c1.